The minimum Gasteiger partial charge on any atom is -0.309 e. The van der Waals surface area contributed by atoms with E-state index in [1.54, 1.807) is 0 Å². The Morgan fingerprint density at radius 2 is 0.903 bits per heavy atom. The predicted octanol–water partition coefficient (Wildman–Crippen LogP) is 15.2. The van der Waals surface area contributed by atoms with Gasteiger partial charge in [-0.2, -0.15) is 0 Å². The summed E-state index contributed by atoms with van der Waals surface area (Å²) in [6.45, 7) is 2.19. The molecule has 1 aliphatic carbocycles. The standard InChI is InChI=1S/C59H43N3/c1-40-57(50-26-16-25-47(37-50)42-19-8-3-9-20-42)60-59(46-31-29-45(30-32-46)41-17-6-2-7-18-41)61-58(40)53-36-34-49(44-23-12-5-13-24-44)39-56(53)62-54-28-15-14-27-51(54)52-35-33-48(38-55(52)62)43-21-10-4-11-22-43/h2-32,34,36-39H,33,35H2,1H3. The van der Waals surface area contributed by atoms with Crippen molar-refractivity contribution in [1.82, 2.24) is 14.5 Å². The molecule has 0 amide bonds. The molecule has 0 unspecified atom stereocenters. The number of fused-ring (bicyclic) bond motifs is 3. The highest BCUT2D eigenvalue weighted by atomic mass is 15.0. The summed E-state index contributed by atoms with van der Waals surface area (Å²) in [4.78, 5) is 11.0. The van der Waals surface area contributed by atoms with Gasteiger partial charge in [0.05, 0.1) is 28.3 Å². The fourth-order valence-corrected chi connectivity index (χ4v) is 9.21. The zero-order valence-electron chi connectivity index (χ0n) is 34.5. The van der Waals surface area contributed by atoms with Gasteiger partial charge in [-0.3, -0.25) is 0 Å². The summed E-state index contributed by atoms with van der Waals surface area (Å²) in [5, 5.41) is 1.29. The van der Waals surface area contributed by atoms with Crippen molar-refractivity contribution in [2.45, 2.75) is 19.8 Å². The van der Waals surface area contributed by atoms with E-state index in [0.717, 1.165) is 68.9 Å². The van der Waals surface area contributed by atoms with Gasteiger partial charge in [-0.25, -0.2) is 9.97 Å². The molecule has 62 heavy (non-hydrogen) atoms. The Bertz CT molecular complexity index is 3250. The Morgan fingerprint density at radius 3 is 1.58 bits per heavy atom. The Labute approximate surface area is 363 Å². The first kappa shape index (κ1) is 37.1. The number of aryl methyl sites for hydroxylation is 1. The number of aromatic nitrogens is 3. The van der Waals surface area contributed by atoms with Crippen LogP contribution in [0, 0.1) is 6.92 Å². The van der Waals surface area contributed by atoms with Gasteiger partial charge in [0.1, 0.15) is 0 Å². The maximum absolute atomic E-state index is 5.57. The van der Waals surface area contributed by atoms with Gasteiger partial charge in [0, 0.05) is 27.6 Å². The third kappa shape index (κ3) is 6.84. The molecule has 3 heteroatoms. The fourth-order valence-electron chi connectivity index (χ4n) is 9.21. The van der Waals surface area contributed by atoms with E-state index in [1.165, 1.54) is 50.0 Å². The van der Waals surface area contributed by atoms with Gasteiger partial charge < -0.3 is 4.57 Å². The maximum Gasteiger partial charge on any atom is 0.160 e. The largest absolute Gasteiger partial charge is 0.309 e. The van der Waals surface area contributed by atoms with Gasteiger partial charge >= 0.3 is 0 Å². The highest BCUT2D eigenvalue weighted by Gasteiger charge is 2.26. The van der Waals surface area contributed by atoms with Crippen LogP contribution in [0.15, 0.2) is 212 Å². The van der Waals surface area contributed by atoms with Crippen LogP contribution in [0.1, 0.15) is 28.8 Å². The molecule has 0 aliphatic heterocycles. The van der Waals surface area contributed by atoms with E-state index >= 15 is 0 Å². The van der Waals surface area contributed by atoms with Gasteiger partial charge in [0.2, 0.25) is 0 Å². The van der Waals surface area contributed by atoms with Crippen LogP contribution >= 0.6 is 0 Å². The smallest absolute Gasteiger partial charge is 0.160 e. The molecule has 11 rings (SSSR count). The molecule has 0 saturated heterocycles. The van der Waals surface area contributed by atoms with E-state index in [1.807, 2.05) is 0 Å². The number of hydrogen-bond acceptors (Lipinski definition) is 2. The monoisotopic (exact) mass is 793 g/mol. The quantitative estimate of drug-likeness (QED) is 0.153. The lowest BCUT2D eigenvalue weighted by atomic mass is 9.91. The molecule has 10 aromatic rings. The summed E-state index contributed by atoms with van der Waals surface area (Å²) >= 11 is 0. The third-order valence-corrected chi connectivity index (χ3v) is 12.4. The van der Waals surface area contributed by atoms with Crippen molar-refractivity contribution in [3.8, 4) is 73.0 Å². The SMILES string of the molecule is Cc1c(-c2cccc(-c3ccccc3)c2)nc(-c2ccc(-c3ccccc3)cc2)nc1-c1ccc(-c2ccccc2)cc1-n1c2c(c3ccccc31)CCC(c1ccccc1)=C2. The fraction of sp³-hybridized carbons (Fsp3) is 0.0508. The number of benzene rings is 8. The summed E-state index contributed by atoms with van der Waals surface area (Å²) in [7, 11) is 0. The van der Waals surface area contributed by atoms with Gasteiger partial charge in [-0.05, 0) is 94.1 Å². The highest BCUT2D eigenvalue weighted by Crippen LogP contribution is 2.43. The second-order valence-electron chi connectivity index (χ2n) is 16.1. The first-order valence-corrected chi connectivity index (χ1v) is 21.5. The summed E-state index contributed by atoms with van der Waals surface area (Å²) in [5.74, 6) is 0.689. The zero-order valence-corrected chi connectivity index (χ0v) is 34.5. The van der Waals surface area contributed by atoms with Crippen LogP contribution in [0.3, 0.4) is 0 Å². The van der Waals surface area contributed by atoms with Gasteiger partial charge in [0.25, 0.3) is 0 Å². The Kier molecular flexibility index (Phi) is 9.55. The average Bonchev–Trinajstić information content (AvgIpc) is 3.68. The van der Waals surface area contributed by atoms with Crippen molar-refractivity contribution < 1.29 is 0 Å². The van der Waals surface area contributed by atoms with Crippen LogP contribution in [0.4, 0.5) is 0 Å². The second-order valence-corrected chi connectivity index (χ2v) is 16.1. The molecule has 0 fully saturated rings. The second kappa shape index (κ2) is 15.9. The van der Waals surface area contributed by atoms with Crippen molar-refractivity contribution in [1.29, 1.82) is 0 Å². The van der Waals surface area contributed by atoms with Crippen LogP contribution in [0.25, 0.3) is 95.5 Å². The van der Waals surface area contributed by atoms with Crippen LogP contribution in [-0.4, -0.2) is 14.5 Å². The van der Waals surface area contributed by atoms with Gasteiger partial charge in [-0.15, -0.1) is 0 Å². The van der Waals surface area contributed by atoms with Gasteiger partial charge in [0.15, 0.2) is 5.82 Å². The van der Waals surface area contributed by atoms with Crippen molar-refractivity contribution >= 4 is 22.6 Å². The molecule has 0 spiro atoms. The van der Waals surface area contributed by atoms with Crippen molar-refractivity contribution in [3.63, 3.8) is 0 Å². The summed E-state index contributed by atoms with van der Waals surface area (Å²) in [6.07, 6.45) is 4.39. The molecular formula is C59H43N3. The summed E-state index contributed by atoms with van der Waals surface area (Å²) < 4.78 is 2.50. The van der Waals surface area contributed by atoms with Crippen molar-refractivity contribution in [2.75, 3.05) is 0 Å². The minimum absolute atomic E-state index is 0.689. The van der Waals surface area contributed by atoms with E-state index in [9.17, 15) is 0 Å². The number of para-hydroxylation sites is 1. The first-order valence-electron chi connectivity index (χ1n) is 21.5. The number of nitrogens with zero attached hydrogens (tertiary/aromatic N) is 3. The minimum atomic E-state index is 0.689. The topological polar surface area (TPSA) is 30.7 Å². The van der Waals surface area contributed by atoms with Crippen LogP contribution in [0.5, 0.6) is 0 Å². The summed E-state index contributed by atoms with van der Waals surface area (Å²) in [5.41, 5.74) is 20.4. The predicted molar refractivity (Wildman–Crippen MR) is 259 cm³/mol. The molecule has 0 bridgehead atoms. The Morgan fingerprint density at radius 1 is 0.403 bits per heavy atom. The van der Waals surface area contributed by atoms with E-state index < -0.39 is 0 Å². The van der Waals surface area contributed by atoms with Crippen LogP contribution in [0.2, 0.25) is 0 Å². The number of rotatable bonds is 8. The Hall–Kier alpha value is -7.88. The highest BCUT2D eigenvalue weighted by molar-refractivity contribution is 5.97. The Balaban J connectivity index is 1.17. The lowest BCUT2D eigenvalue weighted by molar-refractivity contribution is 0.980. The molecule has 3 nitrogen and oxygen atoms in total. The van der Waals surface area contributed by atoms with Crippen LogP contribution in [-0.2, 0) is 6.42 Å². The third-order valence-electron chi connectivity index (χ3n) is 12.4. The molecule has 2 aromatic heterocycles. The lowest BCUT2D eigenvalue weighted by Crippen LogP contribution is -2.07. The average molecular weight is 794 g/mol. The van der Waals surface area contributed by atoms with E-state index in [0.29, 0.717) is 5.82 Å². The molecule has 0 N–H and O–H groups in total. The van der Waals surface area contributed by atoms with Gasteiger partial charge in [-0.1, -0.05) is 194 Å². The van der Waals surface area contributed by atoms with Crippen molar-refractivity contribution in [3.05, 3.63) is 235 Å². The van der Waals surface area contributed by atoms with Crippen LogP contribution < -0.4 is 0 Å². The zero-order chi connectivity index (χ0) is 41.4. The molecule has 0 saturated carbocycles. The molecule has 1 aliphatic rings. The number of hydrogen-bond donors (Lipinski definition) is 0. The molecule has 0 radical (unpaired) electrons. The lowest BCUT2D eigenvalue weighted by Gasteiger charge is -2.21. The van der Waals surface area contributed by atoms with E-state index in [-0.39, 0.29) is 0 Å². The molecular weight excluding hydrogens is 751 g/mol. The molecule has 2 heterocycles. The van der Waals surface area contributed by atoms with E-state index in [4.69, 9.17) is 9.97 Å². The first-order chi connectivity index (χ1) is 30.7. The number of allylic oxidation sites excluding steroid dienone is 1. The van der Waals surface area contributed by atoms with E-state index in [2.05, 4.69) is 230 Å². The van der Waals surface area contributed by atoms with Crippen molar-refractivity contribution in [2.24, 2.45) is 0 Å². The molecule has 0 atom stereocenters. The molecule has 294 valence electrons. The maximum atomic E-state index is 5.57. The summed E-state index contributed by atoms with van der Waals surface area (Å²) in [6, 6.07) is 75.9. The molecule has 8 aromatic carbocycles. The normalized spacial score (nSPS) is 12.2.